The van der Waals surface area contributed by atoms with Crippen LogP contribution in [0.3, 0.4) is 0 Å². The van der Waals surface area contributed by atoms with Gasteiger partial charge in [0, 0.05) is 17.3 Å². The Morgan fingerprint density at radius 3 is 2.25 bits per heavy atom. The second-order valence-electron chi connectivity index (χ2n) is 6.16. The Hall–Kier alpha value is -2.88. The number of aryl methyl sites for hydroxylation is 1. The highest BCUT2D eigenvalue weighted by molar-refractivity contribution is 5.63. The summed E-state index contributed by atoms with van der Waals surface area (Å²) in [5, 5.41) is 1.95. The second-order valence-corrected chi connectivity index (χ2v) is 6.16. The quantitative estimate of drug-likeness (QED) is 0.685. The maximum Gasteiger partial charge on any atom is 0.249 e. The van der Waals surface area contributed by atoms with Crippen molar-refractivity contribution >= 4 is 17.3 Å². The standard InChI is InChI=1S/C20H20N4/c1-15-14-19(16-12-13-16)22-20(21-15)24(18-10-6-3-7-11-18)23-17-8-4-2-5-9-17/h2-11,14,16,23H,12-13H2,1H3. The summed E-state index contributed by atoms with van der Waals surface area (Å²) >= 11 is 0. The van der Waals surface area contributed by atoms with E-state index in [0.717, 1.165) is 22.8 Å². The molecule has 4 nitrogen and oxygen atoms in total. The van der Waals surface area contributed by atoms with Crippen molar-refractivity contribution in [2.45, 2.75) is 25.7 Å². The van der Waals surface area contributed by atoms with E-state index in [4.69, 9.17) is 4.98 Å². The highest BCUT2D eigenvalue weighted by Crippen LogP contribution is 2.39. The average molecular weight is 316 g/mol. The largest absolute Gasteiger partial charge is 0.291 e. The summed E-state index contributed by atoms with van der Waals surface area (Å²) in [4.78, 5) is 9.49. The molecule has 0 aliphatic heterocycles. The molecule has 3 aromatic rings. The zero-order valence-corrected chi connectivity index (χ0v) is 13.7. The molecule has 0 amide bonds. The van der Waals surface area contributed by atoms with Crippen molar-refractivity contribution in [2.75, 3.05) is 10.4 Å². The molecule has 1 heterocycles. The second kappa shape index (κ2) is 6.32. The van der Waals surface area contributed by atoms with Crippen LogP contribution in [0.5, 0.6) is 0 Å². The predicted octanol–water partition coefficient (Wildman–Crippen LogP) is 4.83. The van der Waals surface area contributed by atoms with Crippen molar-refractivity contribution in [1.29, 1.82) is 0 Å². The third kappa shape index (κ3) is 3.23. The van der Waals surface area contributed by atoms with Gasteiger partial charge in [-0.05, 0) is 50.1 Å². The Bertz CT molecular complexity index is 814. The minimum atomic E-state index is 0.597. The van der Waals surface area contributed by atoms with Crippen LogP contribution in [-0.2, 0) is 0 Å². The van der Waals surface area contributed by atoms with E-state index in [2.05, 4.69) is 28.6 Å². The summed E-state index contributed by atoms with van der Waals surface area (Å²) in [6.07, 6.45) is 2.46. The van der Waals surface area contributed by atoms with E-state index in [1.807, 2.05) is 60.5 Å². The zero-order valence-electron chi connectivity index (χ0n) is 13.7. The molecule has 0 bridgehead atoms. The van der Waals surface area contributed by atoms with Gasteiger partial charge in [0.1, 0.15) is 0 Å². The Morgan fingerprint density at radius 2 is 1.58 bits per heavy atom. The molecule has 1 aromatic heterocycles. The highest BCUT2D eigenvalue weighted by Gasteiger charge is 2.26. The number of nitrogens with zero attached hydrogens (tertiary/aromatic N) is 3. The lowest BCUT2D eigenvalue weighted by Gasteiger charge is -2.25. The maximum absolute atomic E-state index is 4.82. The lowest BCUT2D eigenvalue weighted by Crippen LogP contribution is -2.27. The number of para-hydroxylation sites is 2. The summed E-state index contributed by atoms with van der Waals surface area (Å²) in [5.41, 5.74) is 7.59. The van der Waals surface area contributed by atoms with Crippen molar-refractivity contribution in [2.24, 2.45) is 0 Å². The number of hydrogen-bond acceptors (Lipinski definition) is 4. The molecule has 120 valence electrons. The predicted molar refractivity (Wildman–Crippen MR) is 97.4 cm³/mol. The molecule has 0 unspecified atom stereocenters. The number of aromatic nitrogens is 2. The lowest BCUT2D eigenvalue weighted by molar-refractivity contribution is 0.929. The van der Waals surface area contributed by atoms with E-state index < -0.39 is 0 Å². The van der Waals surface area contributed by atoms with Gasteiger partial charge in [0.2, 0.25) is 5.95 Å². The summed E-state index contributed by atoms with van der Waals surface area (Å²) in [7, 11) is 0. The fourth-order valence-corrected chi connectivity index (χ4v) is 2.71. The van der Waals surface area contributed by atoms with Crippen LogP contribution in [-0.4, -0.2) is 9.97 Å². The van der Waals surface area contributed by atoms with E-state index in [1.165, 1.54) is 12.8 Å². The fourth-order valence-electron chi connectivity index (χ4n) is 2.71. The lowest BCUT2D eigenvalue weighted by atomic mass is 10.2. The van der Waals surface area contributed by atoms with Crippen LogP contribution >= 0.6 is 0 Å². The molecule has 4 heteroatoms. The van der Waals surface area contributed by atoms with Crippen LogP contribution in [0.2, 0.25) is 0 Å². The van der Waals surface area contributed by atoms with Gasteiger partial charge < -0.3 is 0 Å². The number of nitrogens with one attached hydrogen (secondary N) is 1. The van der Waals surface area contributed by atoms with E-state index >= 15 is 0 Å². The van der Waals surface area contributed by atoms with E-state index in [9.17, 15) is 0 Å². The number of hydrogen-bond donors (Lipinski definition) is 1. The van der Waals surface area contributed by atoms with Crippen molar-refractivity contribution < 1.29 is 0 Å². The summed E-state index contributed by atoms with van der Waals surface area (Å²) < 4.78 is 0. The van der Waals surface area contributed by atoms with E-state index in [1.54, 1.807) is 0 Å². The molecule has 24 heavy (non-hydrogen) atoms. The van der Waals surface area contributed by atoms with E-state index in [-0.39, 0.29) is 0 Å². The molecule has 4 rings (SSSR count). The summed E-state index contributed by atoms with van der Waals surface area (Å²) in [6, 6.07) is 22.4. The van der Waals surface area contributed by atoms with Gasteiger partial charge in [-0.25, -0.2) is 15.0 Å². The molecule has 0 saturated heterocycles. The summed E-state index contributed by atoms with van der Waals surface area (Å²) in [6.45, 7) is 2.03. The van der Waals surface area contributed by atoms with Gasteiger partial charge in [-0.15, -0.1) is 0 Å². The number of anilines is 3. The molecule has 1 fully saturated rings. The minimum Gasteiger partial charge on any atom is -0.291 e. The van der Waals surface area contributed by atoms with Gasteiger partial charge in [0.15, 0.2) is 0 Å². The molecule has 1 N–H and O–H groups in total. The Morgan fingerprint density at radius 1 is 0.917 bits per heavy atom. The van der Waals surface area contributed by atoms with Crippen LogP contribution in [0.15, 0.2) is 66.7 Å². The molecule has 0 radical (unpaired) electrons. The van der Waals surface area contributed by atoms with Crippen LogP contribution in [0.4, 0.5) is 17.3 Å². The molecule has 2 aromatic carbocycles. The van der Waals surface area contributed by atoms with E-state index in [0.29, 0.717) is 11.9 Å². The van der Waals surface area contributed by atoms with Gasteiger partial charge in [-0.3, -0.25) is 5.43 Å². The molecule has 0 atom stereocenters. The number of rotatable bonds is 5. The number of benzene rings is 2. The van der Waals surface area contributed by atoms with Crippen LogP contribution in [0, 0.1) is 6.92 Å². The van der Waals surface area contributed by atoms with Crippen LogP contribution in [0.25, 0.3) is 0 Å². The molecule has 1 saturated carbocycles. The monoisotopic (exact) mass is 316 g/mol. The topological polar surface area (TPSA) is 41.1 Å². The zero-order chi connectivity index (χ0) is 16.4. The van der Waals surface area contributed by atoms with Crippen molar-refractivity contribution in [3.8, 4) is 0 Å². The maximum atomic E-state index is 4.82. The molecule has 0 spiro atoms. The number of hydrazine groups is 1. The van der Waals surface area contributed by atoms with Gasteiger partial charge >= 0.3 is 0 Å². The van der Waals surface area contributed by atoms with Crippen molar-refractivity contribution in [1.82, 2.24) is 9.97 Å². The Balaban J connectivity index is 1.75. The average Bonchev–Trinajstić information content (AvgIpc) is 3.46. The third-order valence-electron chi connectivity index (χ3n) is 4.09. The van der Waals surface area contributed by atoms with Crippen molar-refractivity contribution in [3.63, 3.8) is 0 Å². The SMILES string of the molecule is Cc1cc(C2CC2)nc(N(Nc2ccccc2)c2ccccc2)n1. The van der Waals surface area contributed by atoms with Gasteiger partial charge in [0.25, 0.3) is 0 Å². The smallest absolute Gasteiger partial charge is 0.249 e. The molecular weight excluding hydrogens is 296 g/mol. The fraction of sp³-hybridized carbons (Fsp3) is 0.200. The van der Waals surface area contributed by atoms with Crippen LogP contribution < -0.4 is 10.4 Å². The van der Waals surface area contributed by atoms with Gasteiger partial charge in [-0.2, -0.15) is 0 Å². The first kappa shape index (κ1) is 14.7. The Kier molecular flexibility index (Phi) is 3.87. The minimum absolute atomic E-state index is 0.597. The van der Waals surface area contributed by atoms with Gasteiger partial charge in [0.05, 0.1) is 11.4 Å². The van der Waals surface area contributed by atoms with Gasteiger partial charge in [-0.1, -0.05) is 36.4 Å². The first-order chi connectivity index (χ1) is 11.8. The first-order valence-corrected chi connectivity index (χ1v) is 8.32. The highest BCUT2D eigenvalue weighted by atomic mass is 15.5. The Labute approximate surface area is 142 Å². The normalized spacial score (nSPS) is 13.5. The van der Waals surface area contributed by atoms with Crippen molar-refractivity contribution in [3.05, 3.63) is 78.1 Å². The molecular formula is C20H20N4. The third-order valence-corrected chi connectivity index (χ3v) is 4.09. The first-order valence-electron chi connectivity index (χ1n) is 8.32. The molecule has 1 aliphatic rings. The molecule has 1 aliphatic carbocycles. The summed E-state index contributed by atoms with van der Waals surface area (Å²) in [5.74, 6) is 1.28. The van der Waals surface area contributed by atoms with Crippen LogP contribution in [0.1, 0.15) is 30.1 Å².